The average molecular weight is 682 g/mol. The highest BCUT2D eigenvalue weighted by Crippen LogP contribution is 2.29. The van der Waals surface area contributed by atoms with Crippen molar-refractivity contribution in [1.29, 1.82) is 0 Å². The van der Waals surface area contributed by atoms with E-state index in [9.17, 15) is 18.0 Å². The molecule has 0 bridgehead atoms. The number of sulfonamides is 1. The maximum atomic E-state index is 12.7. The molecule has 12 heteroatoms. The van der Waals surface area contributed by atoms with E-state index in [0.29, 0.717) is 42.7 Å². The molecule has 0 aromatic heterocycles. The number of likely N-dealkylation sites (tertiary alicyclic amines) is 1. The Hall–Kier alpha value is -3.93. The minimum Gasteiger partial charge on any atom is -0.446 e. The molecule has 1 fully saturated rings. The van der Waals surface area contributed by atoms with E-state index in [0.717, 1.165) is 24.2 Å². The second-order valence-electron chi connectivity index (χ2n) is 10.9. The molecular formula is C34H34Cl2N4O5S. The number of nitrogens with zero attached hydrogens (tertiary/aromatic N) is 1. The average Bonchev–Trinajstić information content (AvgIpc) is 3.04. The van der Waals surface area contributed by atoms with Gasteiger partial charge >= 0.3 is 6.09 Å². The monoisotopic (exact) mass is 680 g/mol. The van der Waals surface area contributed by atoms with Gasteiger partial charge < -0.3 is 15.0 Å². The van der Waals surface area contributed by atoms with Crippen LogP contribution in [0.4, 0.5) is 16.2 Å². The number of ether oxygens (including phenoxy) is 1. The van der Waals surface area contributed by atoms with Crippen molar-refractivity contribution in [1.82, 2.24) is 9.62 Å². The number of amides is 2. The minimum absolute atomic E-state index is 0.0282. The molecule has 0 spiro atoms. The summed E-state index contributed by atoms with van der Waals surface area (Å²) in [6.45, 7) is 2.05. The molecule has 1 aliphatic heterocycles. The van der Waals surface area contributed by atoms with E-state index in [1.165, 1.54) is 12.1 Å². The third-order valence-electron chi connectivity index (χ3n) is 7.60. The van der Waals surface area contributed by atoms with Gasteiger partial charge in [0.25, 0.3) is 0 Å². The first-order chi connectivity index (χ1) is 22.2. The standard InChI is InChI=1S/C34H34Cl2N4O5S/c35-29-10-6-11-30(36)33(29)46(43,44)37-23-24-13-15-26(16-14-24)38-32(41)19-22-40-20-17-27(18-21-40)45-34(42)39-31-12-5-4-9-28(31)25-7-2-1-3-8-25/h1-16,27,37H,17-23H2,(H,38,41)(H,39,42). The van der Waals surface area contributed by atoms with Gasteiger partial charge in [0.1, 0.15) is 11.0 Å². The number of carbonyl (C=O) groups excluding carboxylic acids is 2. The quantitative estimate of drug-likeness (QED) is 0.155. The van der Waals surface area contributed by atoms with Gasteiger partial charge in [0.05, 0.1) is 15.7 Å². The molecule has 1 heterocycles. The second-order valence-corrected chi connectivity index (χ2v) is 13.4. The number of rotatable bonds is 11. The van der Waals surface area contributed by atoms with Crippen LogP contribution < -0.4 is 15.4 Å². The maximum absolute atomic E-state index is 12.7. The number of nitrogens with one attached hydrogen (secondary N) is 3. The Labute approximate surface area is 278 Å². The number of para-hydroxylation sites is 1. The maximum Gasteiger partial charge on any atom is 0.411 e. The van der Waals surface area contributed by atoms with Gasteiger partial charge in [-0.2, -0.15) is 0 Å². The lowest BCUT2D eigenvalue weighted by Crippen LogP contribution is -2.39. The number of carbonyl (C=O) groups is 2. The summed E-state index contributed by atoms with van der Waals surface area (Å²) in [7, 11) is -3.92. The van der Waals surface area contributed by atoms with Crippen LogP contribution in [0.15, 0.2) is 102 Å². The predicted molar refractivity (Wildman–Crippen MR) is 182 cm³/mol. The van der Waals surface area contributed by atoms with E-state index in [1.807, 2.05) is 54.6 Å². The fraction of sp³-hybridized carbons (Fsp3) is 0.235. The van der Waals surface area contributed by atoms with Crippen LogP contribution in [0.3, 0.4) is 0 Å². The third-order valence-corrected chi connectivity index (χ3v) is 9.96. The summed E-state index contributed by atoms with van der Waals surface area (Å²) in [5.41, 5.74) is 3.93. The molecule has 4 aromatic carbocycles. The van der Waals surface area contributed by atoms with Gasteiger partial charge in [0.15, 0.2) is 0 Å². The topological polar surface area (TPSA) is 117 Å². The van der Waals surface area contributed by atoms with Crippen LogP contribution in [0.2, 0.25) is 10.0 Å². The highest BCUT2D eigenvalue weighted by atomic mass is 35.5. The van der Waals surface area contributed by atoms with Crippen molar-refractivity contribution in [3.8, 4) is 11.1 Å². The lowest BCUT2D eigenvalue weighted by atomic mass is 10.0. The van der Waals surface area contributed by atoms with Crippen LogP contribution in [0.25, 0.3) is 11.1 Å². The minimum atomic E-state index is -3.92. The highest BCUT2D eigenvalue weighted by molar-refractivity contribution is 7.89. The van der Waals surface area contributed by atoms with Gasteiger partial charge in [0, 0.05) is 43.9 Å². The summed E-state index contributed by atoms with van der Waals surface area (Å²) in [6.07, 6.45) is 1.00. The first-order valence-corrected chi connectivity index (χ1v) is 17.1. The van der Waals surface area contributed by atoms with Crippen molar-refractivity contribution < 1.29 is 22.7 Å². The zero-order valence-electron chi connectivity index (χ0n) is 24.9. The Balaban J connectivity index is 1.01. The van der Waals surface area contributed by atoms with Gasteiger partial charge in [-0.05, 0) is 54.3 Å². The zero-order valence-corrected chi connectivity index (χ0v) is 27.2. The Bertz CT molecular complexity index is 1740. The molecule has 240 valence electrons. The number of benzene rings is 4. The van der Waals surface area contributed by atoms with Crippen molar-refractivity contribution in [2.75, 3.05) is 30.3 Å². The lowest BCUT2D eigenvalue weighted by Gasteiger charge is -2.31. The van der Waals surface area contributed by atoms with Crippen molar-refractivity contribution >= 4 is 56.6 Å². The van der Waals surface area contributed by atoms with Crippen LogP contribution >= 0.6 is 23.2 Å². The van der Waals surface area contributed by atoms with Crippen LogP contribution in [-0.2, 0) is 26.1 Å². The fourth-order valence-corrected chi connectivity index (χ4v) is 7.34. The third kappa shape index (κ3) is 9.08. The van der Waals surface area contributed by atoms with E-state index >= 15 is 0 Å². The summed E-state index contributed by atoms with van der Waals surface area (Å²) >= 11 is 12.1. The van der Waals surface area contributed by atoms with E-state index < -0.39 is 16.1 Å². The summed E-state index contributed by atoms with van der Waals surface area (Å²) in [4.78, 5) is 27.3. The molecule has 0 unspecified atom stereocenters. The smallest absolute Gasteiger partial charge is 0.411 e. The van der Waals surface area contributed by atoms with Gasteiger partial charge in [-0.25, -0.2) is 17.9 Å². The molecule has 5 rings (SSSR count). The molecule has 0 saturated carbocycles. The second kappa shape index (κ2) is 15.6. The van der Waals surface area contributed by atoms with Crippen LogP contribution in [0, 0.1) is 0 Å². The van der Waals surface area contributed by atoms with Gasteiger partial charge in [-0.15, -0.1) is 0 Å². The molecule has 1 aliphatic rings. The molecule has 1 saturated heterocycles. The number of piperidine rings is 1. The first-order valence-electron chi connectivity index (χ1n) is 14.8. The van der Waals surface area contributed by atoms with Crippen molar-refractivity contribution in [2.45, 2.75) is 36.8 Å². The van der Waals surface area contributed by atoms with E-state index in [1.54, 1.807) is 30.3 Å². The number of hydrogen-bond donors (Lipinski definition) is 3. The van der Waals surface area contributed by atoms with E-state index in [4.69, 9.17) is 27.9 Å². The summed E-state index contributed by atoms with van der Waals surface area (Å²) in [5, 5.41) is 5.85. The highest BCUT2D eigenvalue weighted by Gasteiger charge is 2.24. The number of hydrogen-bond acceptors (Lipinski definition) is 6. The Morgan fingerprint density at radius 2 is 1.46 bits per heavy atom. The van der Waals surface area contributed by atoms with Crippen molar-refractivity contribution in [3.05, 3.63) is 113 Å². The first kappa shape index (κ1) is 33.4. The Morgan fingerprint density at radius 1 is 0.804 bits per heavy atom. The molecule has 3 N–H and O–H groups in total. The molecule has 0 radical (unpaired) electrons. The lowest BCUT2D eigenvalue weighted by molar-refractivity contribution is -0.116. The number of anilines is 2. The summed E-state index contributed by atoms with van der Waals surface area (Å²) in [6, 6.07) is 28.9. The van der Waals surface area contributed by atoms with E-state index in [-0.39, 0.29) is 33.5 Å². The Morgan fingerprint density at radius 3 is 2.15 bits per heavy atom. The molecular weight excluding hydrogens is 647 g/mol. The molecule has 9 nitrogen and oxygen atoms in total. The molecule has 46 heavy (non-hydrogen) atoms. The van der Waals surface area contributed by atoms with Crippen molar-refractivity contribution in [2.24, 2.45) is 0 Å². The normalized spacial score (nSPS) is 14.0. The van der Waals surface area contributed by atoms with Crippen LogP contribution in [-0.4, -0.2) is 51.1 Å². The van der Waals surface area contributed by atoms with Gasteiger partial charge in [-0.1, -0.05) is 89.9 Å². The molecule has 2 amide bonds. The van der Waals surface area contributed by atoms with E-state index in [2.05, 4.69) is 20.3 Å². The summed E-state index contributed by atoms with van der Waals surface area (Å²) in [5.74, 6) is -0.128. The van der Waals surface area contributed by atoms with Crippen LogP contribution in [0.5, 0.6) is 0 Å². The van der Waals surface area contributed by atoms with Gasteiger partial charge in [-0.3, -0.25) is 10.1 Å². The predicted octanol–water partition coefficient (Wildman–Crippen LogP) is 7.18. The molecule has 0 atom stereocenters. The molecule has 0 aliphatic carbocycles. The van der Waals surface area contributed by atoms with Gasteiger partial charge in [0.2, 0.25) is 15.9 Å². The van der Waals surface area contributed by atoms with Crippen molar-refractivity contribution in [3.63, 3.8) is 0 Å². The Kier molecular flexibility index (Phi) is 11.3. The van der Waals surface area contributed by atoms with Crippen LogP contribution in [0.1, 0.15) is 24.8 Å². The fourth-order valence-electron chi connectivity index (χ4n) is 5.18. The summed E-state index contributed by atoms with van der Waals surface area (Å²) < 4.78 is 33.6. The molecule has 4 aromatic rings. The largest absolute Gasteiger partial charge is 0.446 e. The zero-order chi connectivity index (χ0) is 32.5. The SMILES string of the molecule is O=C(CCN1CCC(OC(=O)Nc2ccccc2-c2ccccc2)CC1)Nc1ccc(CNS(=O)(=O)c2c(Cl)cccc2Cl)cc1. The number of halogens is 2.